The van der Waals surface area contributed by atoms with E-state index in [4.69, 9.17) is 0 Å². The minimum atomic E-state index is -0.431. The number of hydrogen-bond donors (Lipinski definition) is 1. The predicted molar refractivity (Wildman–Crippen MR) is 73.4 cm³/mol. The molecular formula is C13H12BrN3O2. The molecule has 0 aromatic heterocycles. The Hall–Kier alpha value is -1.87. The average molecular weight is 322 g/mol. The quantitative estimate of drug-likeness (QED) is 0.839. The summed E-state index contributed by atoms with van der Waals surface area (Å²) >= 11 is 3.31. The SMILES string of the molecule is CCC1C(=O)NC(=O)CN1c1cccc(Br)c1C#N. The van der Waals surface area contributed by atoms with Crippen LogP contribution in [0.25, 0.3) is 0 Å². The maximum absolute atomic E-state index is 11.8. The third-order valence-electron chi connectivity index (χ3n) is 3.05. The number of imide groups is 1. The van der Waals surface area contributed by atoms with Crippen LogP contribution in [0.1, 0.15) is 18.9 Å². The Balaban J connectivity index is 2.50. The number of benzene rings is 1. The van der Waals surface area contributed by atoms with Crippen molar-refractivity contribution in [2.24, 2.45) is 0 Å². The van der Waals surface area contributed by atoms with Crippen molar-refractivity contribution in [2.75, 3.05) is 11.4 Å². The first-order valence-electron chi connectivity index (χ1n) is 5.87. The molecular weight excluding hydrogens is 310 g/mol. The van der Waals surface area contributed by atoms with E-state index >= 15 is 0 Å². The monoisotopic (exact) mass is 321 g/mol. The number of halogens is 1. The molecule has 1 saturated heterocycles. The third-order valence-corrected chi connectivity index (χ3v) is 3.72. The fraction of sp³-hybridized carbons (Fsp3) is 0.308. The smallest absolute Gasteiger partial charge is 0.249 e. The van der Waals surface area contributed by atoms with Crippen LogP contribution < -0.4 is 10.2 Å². The van der Waals surface area contributed by atoms with Crippen molar-refractivity contribution in [1.29, 1.82) is 5.26 Å². The Labute approximate surface area is 119 Å². The highest BCUT2D eigenvalue weighted by atomic mass is 79.9. The topological polar surface area (TPSA) is 73.2 Å². The molecule has 1 fully saturated rings. The van der Waals surface area contributed by atoms with Crippen molar-refractivity contribution in [3.05, 3.63) is 28.2 Å². The summed E-state index contributed by atoms with van der Waals surface area (Å²) in [4.78, 5) is 25.1. The second-order valence-electron chi connectivity index (χ2n) is 4.21. The van der Waals surface area contributed by atoms with Gasteiger partial charge >= 0.3 is 0 Å². The number of carbonyl (C=O) groups is 2. The highest BCUT2D eigenvalue weighted by Gasteiger charge is 2.33. The maximum Gasteiger partial charge on any atom is 0.249 e. The van der Waals surface area contributed by atoms with Gasteiger partial charge in [-0.15, -0.1) is 0 Å². The number of nitrogens with zero attached hydrogens (tertiary/aromatic N) is 2. The number of carbonyl (C=O) groups excluding carboxylic acids is 2. The molecule has 6 heteroatoms. The van der Waals surface area contributed by atoms with E-state index in [9.17, 15) is 14.9 Å². The van der Waals surface area contributed by atoms with Crippen LogP contribution in [0.3, 0.4) is 0 Å². The zero-order valence-corrected chi connectivity index (χ0v) is 11.9. The first-order chi connectivity index (χ1) is 9.08. The summed E-state index contributed by atoms with van der Waals surface area (Å²) in [6.07, 6.45) is 0.566. The zero-order valence-electron chi connectivity index (χ0n) is 10.3. The molecule has 0 spiro atoms. The molecule has 2 amide bonds. The lowest BCUT2D eigenvalue weighted by molar-refractivity contribution is -0.132. The van der Waals surface area contributed by atoms with Crippen molar-refractivity contribution < 1.29 is 9.59 Å². The molecule has 5 nitrogen and oxygen atoms in total. The zero-order chi connectivity index (χ0) is 14.0. The number of amides is 2. The molecule has 1 aliphatic rings. The van der Waals surface area contributed by atoms with Crippen LogP contribution in [0.4, 0.5) is 5.69 Å². The third kappa shape index (κ3) is 2.47. The van der Waals surface area contributed by atoms with Gasteiger partial charge in [0, 0.05) is 4.47 Å². The largest absolute Gasteiger partial charge is 0.349 e. The van der Waals surface area contributed by atoms with E-state index < -0.39 is 6.04 Å². The normalized spacial score (nSPS) is 19.0. The van der Waals surface area contributed by atoms with Gasteiger partial charge in [0.25, 0.3) is 0 Å². The highest BCUT2D eigenvalue weighted by molar-refractivity contribution is 9.10. The molecule has 1 aromatic rings. The van der Waals surface area contributed by atoms with E-state index in [-0.39, 0.29) is 18.4 Å². The molecule has 2 rings (SSSR count). The lowest BCUT2D eigenvalue weighted by Gasteiger charge is -2.35. The number of rotatable bonds is 2. The van der Waals surface area contributed by atoms with Crippen LogP contribution in [0.15, 0.2) is 22.7 Å². The highest BCUT2D eigenvalue weighted by Crippen LogP contribution is 2.29. The van der Waals surface area contributed by atoms with Crippen LogP contribution in [0.2, 0.25) is 0 Å². The molecule has 0 saturated carbocycles. The predicted octanol–water partition coefficient (Wildman–Crippen LogP) is 1.56. The molecule has 1 aromatic carbocycles. The standard InChI is InChI=1S/C13H12BrN3O2/c1-2-10-13(19)16-12(18)7-17(10)11-5-3-4-9(14)8(11)6-15/h3-5,10H,2,7H2,1H3,(H,16,18,19). The van der Waals surface area contributed by atoms with Crippen molar-refractivity contribution in [2.45, 2.75) is 19.4 Å². The maximum atomic E-state index is 11.8. The van der Waals surface area contributed by atoms with Crippen LogP contribution in [0, 0.1) is 11.3 Å². The number of piperazine rings is 1. The first-order valence-corrected chi connectivity index (χ1v) is 6.66. The van der Waals surface area contributed by atoms with Crippen LogP contribution >= 0.6 is 15.9 Å². The fourth-order valence-electron chi connectivity index (χ4n) is 2.19. The minimum Gasteiger partial charge on any atom is -0.349 e. The molecule has 0 aliphatic carbocycles. The summed E-state index contributed by atoms with van der Waals surface area (Å²) in [5.74, 6) is -0.666. The first kappa shape index (κ1) is 13.6. The van der Waals surface area contributed by atoms with E-state index in [2.05, 4.69) is 27.3 Å². The van der Waals surface area contributed by atoms with Gasteiger partial charge < -0.3 is 4.90 Å². The van der Waals surface area contributed by atoms with Gasteiger partial charge in [-0.1, -0.05) is 13.0 Å². The second kappa shape index (κ2) is 5.41. The number of anilines is 1. The van der Waals surface area contributed by atoms with E-state index in [1.807, 2.05) is 6.92 Å². The minimum absolute atomic E-state index is 0.0787. The van der Waals surface area contributed by atoms with Gasteiger partial charge in [-0.3, -0.25) is 14.9 Å². The van der Waals surface area contributed by atoms with E-state index in [0.29, 0.717) is 22.1 Å². The molecule has 0 bridgehead atoms. The lowest BCUT2D eigenvalue weighted by atomic mass is 10.1. The van der Waals surface area contributed by atoms with Gasteiger partial charge in [0.2, 0.25) is 11.8 Å². The van der Waals surface area contributed by atoms with E-state index in [1.165, 1.54) is 0 Å². The van der Waals surface area contributed by atoms with Gasteiger partial charge in [-0.2, -0.15) is 5.26 Å². The summed E-state index contributed by atoms with van der Waals surface area (Å²) in [6.45, 7) is 1.95. The molecule has 19 heavy (non-hydrogen) atoms. The molecule has 98 valence electrons. The molecule has 1 aliphatic heterocycles. The Morgan fingerprint density at radius 2 is 2.26 bits per heavy atom. The Bertz CT molecular complexity index is 580. The molecule has 1 atom stereocenters. The van der Waals surface area contributed by atoms with Crippen molar-refractivity contribution in [1.82, 2.24) is 5.32 Å². The van der Waals surface area contributed by atoms with Gasteiger partial charge in [0.15, 0.2) is 0 Å². The van der Waals surface area contributed by atoms with Crippen LogP contribution in [0.5, 0.6) is 0 Å². The van der Waals surface area contributed by atoms with E-state index in [0.717, 1.165) is 0 Å². The summed E-state index contributed by atoms with van der Waals surface area (Å²) in [6, 6.07) is 6.96. The number of hydrogen-bond acceptors (Lipinski definition) is 4. The summed E-state index contributed by atoms with van der Waals surface area (Å²) < 4.78 is 0.654. The van der Waals surface area contributed by atoms with Crippen molar-refractivity contribution in [3.8, 4) is 6.07 Å². The van der Waals surface area contributed by atoms with E-state index in [1.54, 1.807) is 23.1 Å². The summed E-state index contributed by atoms with van der Waals surface area (Å²) in [7, 11) is 0. The number of nitrogens with one attached hydrogen (secondary N) is 1. The Morgan fingerprint density at radius 3 is 2.89 bits per heavy atom. The van der Waals surface area contributed by atoms with Crippen LogP contribution in [-0.2, 0) is 9.59 Å². The molecule has 1 unspecified atom stereocenters. The van der Waals surface area contributed by atoms with Crippen molar-refractivity contribution in [3.63, 3.8) is 0 Å². The Morgan fingerprint density at radius 1 is 1.53 bits per heavy atom. The van der Waals surface area contributed by atoms with Gasteiger partial charge in [0.1, 0.15) is 12.1 Å². The van der Waals surface area contributed by atoms with Crippen molar-refractivity contribution >= 4 is 33.4 Å². The van der Waals surface area contributed by atoms with Gasteiger partial charge in [-0.25, -0.2) is 0 Å². The number of nitriles is 1. The van der Waals surface area contributed by atoms with Crippen LogP contribution in [-0.4, -0.2) is 24.4 Å². The molecule has 0 radical (unpaired) electrons. The molecule has 1 N–H and O–H groups in total. The summed E-state index contributed by atoms with van der Waals surface area (Å²) in [5, 5.41) is 11.5. The fourth-order valence-corrected chi connectivity index (χ4v) is 2.63. The summed E-state index contributed by atoms with van der Waals surface area (Å²) in [5.41, 5.74) is 1.04. The average Bonchev–Trinajstić information content (AvgIpc) is 2.37. The lowest BCUT2D eigenvalue weighted by Crippen LogP contribution is -2.58. The second-order valence-corrected chi connectivity index (χ2v) is 5.06. The Kier molecular flexibility index (Phi) is 3.86. The van der Waals surface area contributed by atoms with Gasteiger partial charge in [-0.05, 0) is 34.5 Å². The van der Waals surface area contributed by atoms with Gasteiger partial charge in [0.05, 0.1) is 17.8 Å². The molecule has 1 heterocycles.